The predicted molar refractivity (Wildman–Crippen MR) is 95.1 cm³/mol. The monoisotopic (exact) mass is 338 g/mol. The average molecular weight is 338 g/mol. The first-order chi connectivity index (χ1) is 12.1. The summed E-state index contributed by atoms with van der Waals surface area (Å²) in [6, 6.07) is 13.5. The van der Waals surface area contributed by atoms with Crippen molar-refractivity contribution in [1.82, 2.24) is 19.7 Å². The van der Waals surface area contributed by atoms with E-state index in [0.29, 0.717) is 18.8 Å². The van der Waals surface area contributed by atoms with Gasteiger partial charge in [0, 0.05) is 45.5 Å². The van der Waals surface area contributed by atoms with Gasteiger partial charge in [-0.25, -0.2) is 0 Å². The zero-order valence-corrected chi connectivity index (χ0v) is 14.3. The highest BCUT2D eigenvalue weighted by atomic mass is 16.2. The van der Waals surface area contributed by atoms with Crippen molar-refractivity contribution >= 4 is 11.8 Å². The molecular formula is C19H22N4O2. The lowest BCUT2D eigenvalue weighted by Gasteiger charge is -2.45. The molecule has 6 nitrogen and oxygen atoms in total. The Morgan fingerprint density at radius 2 is 1.80 bits per heavy atom. The molecule has 0 spiro atoms. The minimum atomic E-state index is -0.208. The second-order valence-corrected chi connectivity index (χ2v) is 6.71. The molecule has 1 N–H and O–H groups in total. The van der Waals surface area contributed by atoms with Gasteiger partial charge in [0.25, 0.3) is 5.91 Å². The van der Waals surface area contributed by atoms with E-state index in [2.05, 4.69) is 9.88 Å². The molecule has 2 fully saturated rings. The fourth-order valence-electron chi connectivity index (χ4n) is 3.63. The van der Waals surface area contributed by atoms with Crippen LogP contribution in [0.4, 0.5) is 0 Å². The van der Waals surface area contributed by atoms with E-state index in [4.69, 9.17) is 0 Å². The Hall–Kier alpha value is -2.60. The lowest BCUT2D eigenvalue weighted by molar-refractivity contribution is -0.142. The smallest absolute Gasteiger partial charge is 0.270 e. The molecule has 2 saturated heterocycles. The highest BCUT2D eigenvalue weighted by Gasteiger charge is 2.38. The van der Waals surface area contributed by atoms with E-state index in [9.17, 15) is 9.59 Å². The molecule has 1 atom stereocenters. The number of piperazine rings is 2. The lowest BCUT2D eigenvalue weighted by Crippen LogP contribution is -2.64. The van der Waals surface area contributed by atoms with Crippen LogP contribution in [0.2, 0.25) is 0 Å². The van der Waals surface area contributed by atoms with E-state index < -0.39 is 0 Å². The van der Waals surface area contributed by atoms with Gasteiger partial charge in [-0.05, 0) is 17.7 Å². The maximum atomic E-state index is 12.9. The van der Waals surface area contributed by atoms with Crippen molar-refractivity contribution in [2.24, 2.45) is 0 Å². The van der Waals surface area contributed by atoms with Crippen LogP contribution < -0.4 is 0 Å². The van der Waals surface area contributed by atoms with Crippen LogP contribution in [0.5, 0.6) is 0 Å². The zero-order valence-electron chi connectivity index (χ0n) is 14.3. The molecule has 6 heteroatoms. The number of nitrogens with zero attached hydrogens (tertiary/aromatic N) is 3. The van der Waals surface area contributed by atoms with Gasteiger partial charge in [0.2, 0.25) is 5.91 Å². The van der Waals surface area contributed by atoms with Crippen molar-refractivity contribution in [3.8, 4) is 11.3 Å². The summed E-state index contributed by atoms with van der Waals surface area (Å²) in [7, 11) is 1.83. The molecule has 0 aliphatic carbocycles. The van der Waals surface area contributed by atoms with Crippen molar-refractivity contribution in [1.29, 1.82) is 0 Å². The van der Waals surface area contributed by atoms with Crippen molar-refractivity contribution in [2.75, 3.05) is 39.8 Å². The number of carbonyl (C=O) groups excluding carboxylic acids is 2. The summed E-state index contributed by atoms with van der Waals surface area (Å²) in [6.45, 7) is 3.52. The molecule has 2 aliphatic rings. The molecule has 130 valence electrons. The van der Waals surface area contributed by atoms with Crippen molar-refractivity contribution in [3.05, 3.63) is 48.2 Å². The lowest BCUT2D eigenvalue weighted by atomic mass is 10.1. The van der Waals surface area contributed by atoms with Gasteiger partial charge in [-0.1, -0.05) is 30.3 Å². The normalized spacial score (nSPS) is 21.3. The molecule has 2 aromatic rings. The van der Waals surface area contributed by atoms with Crippen LogP contribution in [-0.2, 0) is 4.79 Å². The number of amides is 2. The number of aromatic amines is 1. The number of hydrogen-bond donors (Lipinski definition) is 1. The topological polar surface area (TPSA) is 59.6 Å². The summed E-state index contributed by atoms with van der Waals surface area (Å²) in [5, 5.41) is 0. The van der Waals surface area contributed by atoms with Gasteiger partial charge in [-0.15, -0.1) is 0 Å². The Kier molecular flexibility index (Phi) is 4.05. The second kappa shape index (κ2) is 6.37. The van der Waals surface area contributed by atoms with Crippen LogP contribution in [-0.4, -0.2) is 77.3 Å². The summed E-state index contributed by atoms with van der Waals surface area (Å²) >= 11 is 0. The highest BCUT2D eigenvalue weighted by molar-refractivity contribution is 5.94. The van der Waals surface area contributed by atoms with Gasteiger partial charge in [0.05, 0.1) is 0 Å². The molecule has 4 rings (SSSR count). The summed E-state index contributed by atoms with van der Waals surface area (Å²) in [5.41, 5.74) is 2.55. The van der Waals surface area contributed by atoms with Crippen LogP contribution in [0.25, 0.3) is 11.3 Å². The SMILES string of the molecule is CN1CCN2CCN(C(=O)c3ccc(-c4ccccc4)[nH]3)C[C@H]2C1=O. The maximum Gasteiger partial charge on any atom is 0.270 e. The van der Waals surface area contributed by atoms with Crippen molar-refractivity contribution in [2.45, 2.75) is 6.04 Å². The Morgan fingerprint density at radius 3 is 2.60 bits per heavy atom. The third-order valence-electron chi connectivity index (χ3n) is 5.16. The minimum absolute atomic E-state index is 0.0390. The summed E-state index contributed by atoms with van der Waals surface area (Å²) < 4.78 is 0. The van der Waals surface area contributed by atoms with E-state index >= 15 is 0 Å². The summed E-state index contributed by atoms with van der Waals surface area (Å²) in [4.78, 5) is 34.2. The molecule has 1 aromatic carbocycles. The third-order valence-corrected chi connectivity index (χ3v) is 5.16. The number of aromatic nitrogens is 1. The molecule has 1 aromatic heterocycles. The van der Waals surface area contributed by atoms with Gasteiger partial charge < -0.3 is 14.8 Å². The first-order valence-corrected chi connectivity index (χ1v) is 8.66. The molecule has 3 heterocycles. The van der Waals surface area contributed by atoms with Crippen LogP contribution in [0.1, 0.15) is 10.5 Å². The molecule has 0 radical (unpaired) electrons. The van der Waals surface area contributed by atoms with Gasteiger partial charge in [0.1, 0.15) is 11.7 Å². The third kappa shape index (κ3) is 2.93. The Morgan fingerprint density at radius 1 is 1.04 bits per heavy atom. The first-order valence-electron chi connectivity index (χ1n) is 8.66. The Bertz CT molecular complexity index is 786. The fraction of sp³-hybridized carbons (Fsp3) is 0.368. The summed E-state index contributed by atoms with van der Waals surface area (Å²) in [5.74, 6) is 0.0723. The predicted octanol–water partition coefficient (Wildman–Crippen LogP) is 1.28. The van der Waals surface area contributed by atoms with Gasteiger partial charge in [-0.2, -0.15) is 0 Å². The second-order valence-electron chi connectivity index (χ2n) is 6.71. The Balaban J connectivity index is 1.50. The number of nitrogens with one attached hydrogen (secondary N) is 1. The largest absolute Gasteiger partial charge is 0.351 e. The highest BCUT2D eigenvalue weighted by Crippen LogP contribution is 2.21. The quantitative estimate of drug-likeness (QED) is 0.897. The average Bonchev–Trinajstić information content (AvgIpc) is 3.15. The molecule has 0 unspecified atom stereocenters. The van der Waals surface area contributed by atoms with E-state index in [-0.39, 0.29) is 17.9 Å². The number of benzene rings is 1. The summed E-state index contributed by atoms with van der Waals surface area (Å²) in [6.07, 6.45) is 0. The Labute approximate surface area is 147 Å². The van der Waals surface area contributed by atoms with E-state index in [0.717, 1.165) is 30.9 Å². The number of carbonyl (C=O) groups is 2. The van der Waals surface area contributed by atoms with E-state index in [1.165, 1.54) is 0 Å². The number of rotatable bonds is 2. The number of hydrogen-bond acceptors (Lipinski definition) is 3. The van der Waals surface area contributed by atoms with Crippen LogP contribution in [0.15, 0.2) is 42.5 Å². The van der Waals surface area contributed by atoms with Gasteiger partial charge >= 0.3 is 0 Å². The number of fused-ring (bicyclic) bond motifs is 1. The maximum absolute atomic E-state index is 12.9. The zero-order chi connectivity index (χ0) is 17.4. The van der Waals surface area contributed by atoms with Crippen molar-refractivity contribution in [3.63, 3.8) is 0 Å². The van der Waals surface area contributed by atoms with Crippen LogP contribution >= 0.6 is 0 Å². The molecule has 0 saturated carbocycles. The molecular weight excluding hydrogens is 316 g/mol. The number of H-pyrrole nitrogens is 1. The first kappa shape index (κ1) is 15.9. The number of likely N-dealkylation sites (N-methyl/N-ethyl adjacent to an activating group) is 1. The van der Waals surface area contributed by atoms with Gasteiger partial charge in [-0.3, -0.25) is 14.5 Å². The molecule has 2 aliphatic heterocycles. The fourth-order valence-corrected chi connectivity index (χ4v) is 3.63. The molecule has 0 bridgehead atoms. The standard InChI is InChI=1S/C19H22N4O2/c1-21-9-10-22-11-12-23(13-17(22)19(21)25)18(24)16-8-7-15(20-16)14-5-3-2-4-6-14/h2-8,17,20H,9-13H2,1H3/t17-/m0/s1. The van der Waals surface area contributed by atoms with E-state index in [1.807, 2.05) is 49.5 Å². The minimum Gasteiger partial charge on any atom is -0.351 e. The van der Waals surface area contributed by atoms with Crippen LogP contribution in [0, 0.1) is 0 Å². The van der Waals surface area contributed by atoms with Crippen LogP contribution in [0.3, 0.4) is 0 Å². The molecule has 25 heavy (non-hydrogen) atoms. The van der Waals surface area contributed by atoms with E-state index in [1.54, 1.807) is 9.80 Å². The van der Waals surface area contributed by atoms with Gasteiger partial charge in [0.15, 0.2) is 0 Å². The molecule has 2 amide bonds. The van der Waals surface area contributed by atoms with Crippen molar-refractivity contribution < 1.29 is 9.59 Å².